The minimum Gasteiger partial charge on any atom is -0.494 e. The number of ether oxygens (including phenoxy) is 2. The number of pyridine rings is 1. The molecule has 3 aromatic rings. The fourth-order valence-corrected chi connectivity index (χ4v) is 2.67. The molecule has 118 valence electrons. The first-order chi connectivity index (χ1) is 11.1. The Morgan fingerprint density at radius 3 is 2.96 bits per heavy atom. The van der Waals surface area contributed by atoms with Crippen molar-refractivity contribution in [1.82, 2.24) is 9.97 Å². The van der Waals surface area contributed by atoms with Crippen molar-refractivity contribution in [3.63, 3.8) is 0 Å². The molecule has 0 atom stereocenters. The van der Waals surface area contributed by atoms with Crippen LogP contribution in [-0.2, 0) is 4.74 Å². The zero-order valence-electron chi connectivity index (χ0n) is 12.3. The van der Waals surface area contributed by atoms with Crippen LogP contribution in [0.1, 0.15) is 11.1 Å². The van der Waals surface area contributed by atoms with Gasteiger partial charge in [-0.15, -0.1) is 0 Å². The zero-order chi connectivity index (χ0) is 16.4. The van der Waals surface area contributed by atoms with Gasteiger partial charge in [0.15, 0.2) is 12.7 Å². The number of H-pyrrole nitrogens is 1. The van der Waals surface area contributed by atoms with Crippen LogP contribution in [0.15, 0.2) is 41.1 Å². The number of nitrogens with zero attached hydrogens (tertiary/aromatic N) is 1. The third kappa shape index (κ3) is 3.06. The molecular weight excluding hydrogens is 362 g/mol. The highest BCUT2D eigenvalue weighted by molar-refractivity contribution is 9.10. The van der Waals surface area contributed by atoms with Gasteiger partial charge >= 0.3 is 0 Å². The molecule has 3 N–H and O–H groups in total. The molecule has 3 rings (SSSR count). The fraction of sp³-hybridized carbons (Fsp3) is 0.125. The minimum absolute atomic E-state index is 0.0497. The quantitative estimate of drug-likeness (QED) is 0.470. The van der Waals surface area contributed by atoms with Crippen molar-refractivity contribution in [3.8, 4) is 11.6 Å². The zero-order valence-corrected chi connectivity index (χ0v) is 13.8. The van der Waals surface area contributed by atoms with Gasteiger partial charge in [-0.25, -0.2) is 0 Å². The van der Waals surface area contributed by atoms with Crippen LogP contribution in [0.3, 0.4) is 0 Å². The fourth-order valence-electron chi connectivity index (χ4n) is 2.31. The molecule has 6 nitrogen and oxygen atoms in total. The lowest BCUT2D eigenvalue weighted by molar-refractivity contribution is 0.0508. The smallest absolute Gasteiger partial charge is 0.199 e. The van der Waals surface area contributed by atoms with Crippen molar-refractivity contribution in [3.05, 3.63) is 52.3 Å². The molecule has 0 spiro atoms. The van der Waals surface area contributed by atoms with Crippen molar-refractivity contribution >= 4 is 32.5 Å². The summed E-state index contributed by atoms with van der Waals surface area (Å²) in [5.41, 5.74) is 1.87. The standard InChI is InChI=1S/C16H14BrN3O3/c1-22-8-23-11-4-9(6-19-7-11)15(18)14-12-5-10(17)2-3-13(12)20-16(14)21/h2-7,18,20-21H,8H2,1H3. The van der Waals surface area contributed by atoms with Gasteiger partial charge in [-0.3, -0.25) is 10.4 Å². The number of nitrogens with one attached hydrogen (secondary N) is 2. The lowest BCUT2D eigenvalue weighted by Crippen LogP contribution is -2.04. The number of benzene rings is 1. The van der Waals surface area contributed by atoms with E-state index in [0.29, 0.717) is 16.9 Å². The second kappa shape index (κ2) is 6.39. The maximum atomic E-state index is 10.2. The highest BCUT2D eigenvalue weighted by atomic mass is 79.9. The van der Waals surface area contributed by atoms with Gasteiger partial charge in [0, 0.05) is 34.2 Å². The van der Waals surface area contributed by atoms with E-state index in [0.717, 1.165) is 15.4 Å². The van der Waals surface area contributed by atoms with E-state index in [-0.39, 0.29) is 18.4 Å². The van der Waals surface area contributed by atoms with E-state index < -0.39 is 0 Å². The second-order valence-corrected chi connectivity index (χ2v) is 5.79. The summed E-state index contributed by atoms with van der Waals surface area (Å²) in [7, 11) is 1.53. The monoisotopic (exact) mass is 375 g/mol. The Morgan fingerprint density at radius 1 is 1.35 bits per heavy atom. The van der Waals surface area contributed by atoms with Gasteiger partial charge in [0.1, 0.15) is 5.75 Å². The number of aromatic amines is 1. The Hall–Kier alpha value is -2.38. The van der Waals surface area contributed by atoms with Gasteiger partial charge in [-0.05, 0) is 24.3 Å². The average Bonchev–Trinajstić information content (AvgIpc) is 2.87. The highest BCUT2D eigenvalue weighted by Gasteiger charge is 2.17. The summed E-state index contributed by atoms with van der Waals surface area (Å²) in [6.45, 7) is 0.101. The molecule has 0 saturated carbocycles. The third-order valence-electron chi connectivity index (χ3n) is 3.34. The maximum Gasteiger partial charge on any atom is 0.199 e. The maximum absolute atomic E-state index is 10.2. The normalized spacial score (nSPS) is 10.9. The van der Waals surface area contributed by atoms with Crippen LogP contribution in [0.5, 0.6) is 11.6 Å². The SMILES string of the molecule is COCOc1cncc(C(=N)c2c(O)[nH]c3ccc(Br)cc23)c1. The van der Waals surface area contributed by atoms with Crippen LogP contribution >= 0.6 is 15.9 Å². The Labute approximate surface area is 140 Å². The largest absolute Gasteiger partial charge is 0.494 e. The third-order valence-corrected chi connectivity index (χ3v) is 3.83. The molecule has 0 radical (unpaired) electrons. The van der Waals surface area contributed by atoms with Crippen LogP contribution < -0.4 is 4.74 Å². The number of aromatic nitrogens is 2. The van der Waals surface area contributed by atoms with Gasteiger partial charge in [0.2, 0.25) is 0 Å². The molecular formula is C16H14BrN3O3. The Balaban J connectivity index is 2.03. The molecule has 2 heterocycles. The van der Waals surface area contributed by atoms with Gasteiger partial charge < -0.3 is 19.6 Å². The topological polar surface area (TPSA) is 91.2 Å². The first kappa shape index (κ1) is 15.5. The lowest BCUT2D eigenvalue weighted by Gasteiger charge is -2.07. The van der Waals surface area contributed by atoms with E-state index in [4.69, 9.17) is 14.9 Å². The number of fused-ring (bicyclic) bond motifs is 1. The first-order valence-electron chi connectivity index (χ1n) is 6.76. The summed E-state index contributed by atoms with van der Waals surface area (Å²) in [5, 5.41) is 19.4. The summed E-state index contributed by atoms with van der Waals surface area (Å²) in [4.78, 5) is 6.95. The summed E-state index contributed by atoms with van der Waals surface area (Å²) < 4.78 is 11.1. The average molecular weight is 376 g/mol. The van der Waals surface area contributed by atoms with Gasteiger partial charge in [0.05, 0.1) is 17.5 Å². The van der Waals surface area contributed by atoms with E-state index >= 15 is 0 Å². The summed E-state index contributed by atoms with van der Waals surface area (Å²) in [5.74, 6) is 0.445. The summed E-state index contributed by atoms with van der Waals surface area (Å²) in [6, 6.07) is 7.25. The van der Waals surface area contributed by atoms with Crippen LogP contribution in [0.2, 0.25) is 0 Å². The second-order valence-electron chi connectivity index (χ2n) is 4.87. The summed E-state index contributed by atoms with van der Waals surface area (Å²) in [6.07, 6.45) is 3.10. The molecule has 0 amide bonds. The molecule has 0 aliphatic carbocycles. The number of hydrogen-bond acceptors (Lipinski definition) is 5. The number of methoxy groups -OCH3 is 1. The number of hydrogen-bond donors (Lipinski definition) is 3. The molecule has 7 heteroatoms. The van der Waals surface area contributed by atoms with Crippen LogP contribution in [0.25, 0.3) is 10.9 Å². The Morgan fingerprint density at radius 2 is 2.17 bits per heavy atom. The number of aromatic hydroxyl groups is 1. The predicted molar refractivity (Wildman–Crippen MR) is 90.3 cm³/mol. The van der Waals surface area contributed by atoms with E-state index in [9.17, 15) is 5.11 Å². The Bertz CT molecular complexity index is 876. The van der Waals surface area contributed by atoms with E-state index in [2.05, 4.69) is 25.9 Å². The molecule has 0 unspecified atom stereocenters. The Kier molecular flexibility index (Phi) is 4.31. The van der Waals surface area contributed by atoms with Gasteiger partial charge in [0.25, 0.3) is 0 Å². The lowest BCUT2D eigenvalue weighted by atomic mass is 10.0. The van der Waals surface area contributed by atoms with Crippen molar-refractivity contribution in [2.75, 3.05) is 13.9 Å². The van der Waals surface area contributed by atoms with E-state index in [1.807, 2.05) is 18.2 Å². The minimum atomic E-state index is -0.0497. The molecule has 2 aromatic heterocycles. The predicted octanol–water partition coefficient (Wildman–Crippen LogP) is 3.43. The number of rotatable bonds is 5. The summed E-state index contributed by atoms with van der Waals surface area (Å²) >= 11 is 3.41. The van der Waals surface area contributed by atoms with E-state index in [1.165, 1.54) is 7.11 Å². The highest BCUT2D eigenvalue weighted by Crippen LogP contribution is 2.31. The molecule has 0 fully saturated rings. The van der Waals surface area contributed by atoms with Gasteiger partial charge in [-0.2, -0.15) is 0 Å². The van der Waals surface area contributed by atoms with Crippen molar-refractivity contribution in [1.29, 1.82) is 5.41 Å². The van der Waals surface area contributed by atoms with Crippen molar-refractivity contribution in [2.45, 2.75) is 0 Å². The first-order valence-corrected chi connectivity index (χ1v) is 7.55. The molecule has 0 saturated heterocycles. The van der Waals surface area contributed by atoms with E-state index in [1.54, 1.807) is 18.5 Å². The molecule has 23 heavy (non-hydrogen) atoms. The molecule has 0 aliphatic heterocycles. The van der Waals surface area contributed by atoms with Crippen molar-refractivity contribution in [2.24, 2.45) is 0 Å². The molecule has 0 aliphatic rings. The van der Waals surface area contributed by atoms with Crippen LogP contribution in [0, 0.1) is 5.41 Å². The number of halogens is 1. The van der Waals surface area contributed by atoms with Gasteiger partial charge in [-0.1, -0.05) is 15.9 Å². The molecule has 1 aromatic carbocycles. The van der Waals surface area contributed by atoms with Crippen LogP contribution in [-0.4, -0.2) is 34.7 Å². The van der Waals surface area contributed by atoms with Crippen LogP contribution in [0.4, 0.5) is 0 Å². The van der Waals surface area contributed by atoms with Crippen molar-refractivity contribution < 1.29 is 14.6 Å². The molecule has 0 bridgehead atoms.